The Morgan fingerprint density at radius 1 is 0.400 bits per heavy atom. The van der Waals surface area contributed by atoms with Crippen LogP contribution in [0.5, 0.6) is 0 Å². The average Bonchev–Trinajstić information content (AvgIpc) is 3.51. The van der Waals surface area contributed by atoms with E-state index in [1.165, 1.54) is 57.9 Å². The first-order valence-corrected chi connectivity index (χ1v) is 16.1. The second-order valence-corrected chi connectivity index (χ2v) is 12.8. The fourth-order valence-corrected chi connectivity index (χ4v) is 8.41. The van der Waals surface area contributed by atoms with Crippen LogP contribution in [0.4, 0.5) is 0 Å². The topological polar surface area (TPSA) is 25.8 Å². The van der Waals surface area contributed by atoms with Crippen LogP contribution in [0.25, 0.3) is 96.8 Å². The lowest BCUT2D eigenvalue weighted by Gasteiger charge is -2.14. The highest BCUT2D eigenvalue weighted by atomic mass is 32.1. The van der Waals surface area contributed by atoms with Crippen molar-refractivity contribution >= 4 is 85.6 Å². The molecule has 0 aliphatic carbocycles. The number of nitrogens with zero attached hydrogens (tertiary/aromatic N) is 2. The molecule has 2 aromatic heterocycles. The molecule has 10 rings (SSSR count). The van der Waals surface area contributed by atoms with Gasteiger partial charge >= 0.3 is 0 Å². The zero-order valence-electron chi connectivity index (χ0n) is 24.2. The van der Waals surface area contributed by atoms with Crippen molar-refractivity contribution in [3.63, 3.8) is 0 Å². The van der Waals surface area contributed by atoms with Gasteiger partial charge in [0, 0.05) is 42.1 Å². The maximum Gasteiger partial charge on any atom is 0.0973 e. The van der Waals surface area contributed by atoms with Crippen molar-refractivity contribution in [1.82, 2.24) is 9.97 Å². The first-order chi connectivity index (χ1) is 22.3. The molecule has 0 atom stereocenters. The molecule has 3 heteroatoms. The molecule has 2 heterocycles. The summed E-state index contributed by atoms with van der Waals surface area (Å²) in [6.07, 6.45) is 0. The van der Waals surface area contributed by atoms with Gasteiger partial charge in [-0.2, -0.15) is 0 Å². The van der Waals surface area contributed by atoms with Gasteiger partial charge in [-0.25, -0.2) is 9.97 Å². The van der Waals surface area contributed by atoms with Crippen molar-refractivity contribution in [3.8, 4) is 22.5 Å². The highest BCUT2D eigenvalue weighted by molar-refractivity contribution is 7.27. The second kappa shape index (κ2) is 9.43. The third-order valence-corrected chi connectivity index (χ3v) is 10.4. The number of aromatic nitrogens is 2. The van der Waals surface area contributed by atoms with Gasteiger partial charge in [-0.15, -0.1) is 11.3 Å². The van der Waals surface area contributed by atoms with Crippen LogP contribution in [0.2, 0.25) is 0 Å². The average molecular weight is 589 g/mol. The Balaban J connectivity index is 1.28. The maximum atomic E-state index is 5.37. The molecule has 0 amide bonds. The predicted octanol–water partition coefficient (Wildman–Crippen LogP) is 11.9. The van der Waals surface area contributed by atoms with Gasteiger partial charge in [0.2, 0.25) is 0 Å². The SMILES string of the molecule is c1ccc(-c2nc3ccc4ccccc4c3nc2-c2ccc3c(ccc4c5sc6ccccc6c5c5ccccc5c34)c2)cc1. The molecule has 0 saturated carbocycles. The van der Waals surface area contributed by atoms with Gasteiger partial charge in [0.15, 0.2) is 0 Å². The van der Waals surface area contributed by atoms with Gasteiger partial charge in [0.1, 0.15) is 0 Å². The minimum absolute atomic E-state index is 0.899. The molecule has 8 aromatic carbocycles. The summed E-state index contributed by atoms with van der Waals surface area (Å²) in [5.74, 6) is 0. The Kier molecular flexibility index (Phi) is 5.19. The Morgan fingerprint density at radius 2 is 1.07 bits per heavy atom. The van der Waals surface area contributed by atoms with Gasteiger partial charge in [-0.1, -0.05) is 127 Å². The molecule has 0 fully saturated rings. The zero-order valence-corrected chi connectivity index (χ0v) is 25.0. The molecule has 45 heavy (non-hydrogen) atoms. The number of hydrogen-bond acceptors (Lipinski definition) is 3. The van der Waals surface area contributed by atoms with E-state index in [-0.39, 0.29) is 0 Å². The van der Waals surface area contributed by atoms with Crippen molar-refractivity contribution in [1.29, 1.82) is 0 Å². The van der Waals surface area contributed by atoms with Gasteiger partial charge < -0.3 is 0 Å². The minimum atomic E-state index is 0.899. The Hall–Kier alpha value is -5.64. The molecule has 0 radical (unpaired) electrons. The molecule has 0 spiro atoms. The smallest absolute Gasteiger partial charge is 0.0973 e. The van der Waals surface area contributed by atoms with Crippen molar-refractivity contribution in [3.05, 3.63) is 146 Å². The molecule has 0 saturated heterocycles. The quantitative estimate of drug-likeness (QED) is 0.188. The monoisotopic (exact) mass is 588 g/mol. The normalized spacial score (nSPS) is 12.0. The Labute approximate surface area is 262 Å². The molecule has 0 unspecified atom stereocenters. The van der Waals surface area contributed by atoms with E-state index in [2.05, 4.69) is 140 Å². The number of hydrogen-bond donors (Lipinski definition) is 0. The van der Waals surface area contributed by atoms with E-state index in [9.17, 15) is 0 Å². The first-order valence-electron chi connectivity index (χ1n) is 15.3. The van der Waals surface area contributed by atoms with Crippen LogP contribution in [0.1, 0.15) is 0 Å². The van der Waals surface area contributed by atoms with Gasteiger partial charge in [-0.05, 0) is 50.5 Å². The summed E-state index contributed by atoms with van der Waals surface area (Å²) in [5, 5.41) is 12.7. The third kappa shape index (κ3) is 3.62. The zero-order chi connectivity index (χ0) is 29.5. The minimum Gasteiger partial charge on any atom is -0.244 e. The largest absolute Gasteiger partial charge is 0.244 e. The highest BCUT2D eigenvalue weighted by Gasteiger charge is 2.18. The lowest BCUT2D eigenvalue weighted by Crippen LogP contribution is -1.96. The van der Waals surface area contributed by atoms with Crippen LogP contribution >= 0.6 is 11.3 Å². The van der Waals surface area contributed by atoms with E-state index >= 15 is 0 Å². The number of rotatable bonds is 2. The highest BCUT2D eigenvalue weighted by Crippen LogP contribution is 2.46. The van der Waals surface area contributed by atoms with Crippen molar-refractivity contribution in [2.75, 3.05) is 0 Å². The van der Waals surface area contributed by atoms with Gasteiger partial charge in [0.25, 0.3) is 0 Å². The molecule has 0 aliphatic heterocycles. The van der Waals surface area contributed by atoms with Crippen LogP contribution in [-0.4, -0.2) is 9.97 Å². The lowest BCUT2D eigenvalue weighted by atomic mass is 9.92. The summed E-state index contributed by atoms with van der Waals surface area (Å²) in [6, 6.07) is 52.2. The predicted molar refractivity (Wildman–Crippen MR) is 193 cm³/mol. The van der Waals surface area contributed by atoms with E-state index < -0.39 is 0 Å². The fourth-order valence-electron chi connectivity index (χ4n) is 7.17. The van der Waals surface area contributed by atoms with Crippen molar-refractivity contribution in [2.45, 2.75) is 0 Å². The maximum absolute atomic E-state index is 5.37. The fraction of sp³-hybridized carbons (Fsp3) is 0. The molecule has 2 nitrogen and oxygen atoms in total. The number of benzene rings is 8. The molecule has 0 bridgehead atoms. The first kappa shape index (κ1) is 24.8. The number of thiophene rings is 1. The van der Waals surface area contributed by atoms with Crippen LogP contribution in [0, 0.1) is 0 Å². The van der Waals surface area contributed by atoms with Gasteiger partial charge in [0.05, 0.1) is 22.4 Å². The molecule has 0 N–H and O–H groups in total. The molecular formula is C42H24N2S. The summed E-state index contributed by atoms with van der Waals surface area (Å²) < 4.78 is 2.69. The van der Waals surface area contributed by atoms with E-state index in [0.29, 0.717) is 0 Å². The summed E-state index contributed by atoms with van der Waals surface area (Å²) in [6.45, 7) is 0. The molecule has 0 aliphatic rings. The van der Waals surface area contributed by atoms with E-state index in [0.717, 1.165) is 38.9 Å². The molecule has 10 aromatic rings. The van der Waals surface area contributed by atoms with E-state index in [1.807, 2.05) is 17.4 Å². The van der Waals surface area contributed by atoms with Crippen molar-refractivity contribution in [2.24, 2.45) is 0 Å². The second-order valence-electron chi connectivity index (χ2n) is 11.7. The summed E-state index contributed by atoms with van der Waals surface area (Å²) in [7, 11) is 0. The van der Waals surface area contributed by atoms with Crippen LogP contribution in [0.15, 0.2) is 146 Å². The summed E-state index contributed by atoms with van der Waals surface area (Å²) in [5.41, 5.74) is 5.76. The van der Waals surface area contributed by atoms with Gasteiger partial charge in [-0.3, -0.25) is 0 Å². The summed E-state index contributed by atoms with van der Waals surface area (Å²) >= 11 is 1.90. The lowest BCUT2D eigenvalue weighted by molar-refractivity contribution is 1.30. The van der Waals surface area contributed by atoms with Crippen molar-refractivity contribution < 1.29 is 0 Å². The summed E-state index contributed by atoms with van der Waals surface area (Å²) in [4.78, 5) is 10.6. The van der Waals surface area contributed by atoms with E-state index in [4.69, 9.17) is 9.97 Å². The molecular weight excluding hydrogens is 565 g/mol. The Bertz CT molecular complexity index is 2810. The third-order valence-electron chi connectivity index (χ3n) is 9.21. The molecule has 208 valence electrons. The van der Waals surface area contributed by atoms with E-state index in [1.54, 1.807) is 0 Å². The Morgan fingerprint density at radius 3 is 1.93 bits per heavy atom. The van der Waals surface area contributed by atoms with Crippen LogP contribution < -0.4 is 0 Å². The standard InChI is InChI=1S/C42H24N2S/c1-2-11-26(12-3-1)39-40(44-41-30-13-5-4-10-25(30)20-23-35(41)43-39)28-19-21-29-27(24-28)18-22-34-37(29)31-14-6-7-15-32(31)38-33-16-8-9-17-36(33)45-42(34)38/h1-24H. The number of fused-ring (bicyclic) bond motifs is 13. The van der Waals surface area contributed by atoms with Crippen LogP contribution in [0.3, 0.4) is 0 Å². The van der Waals surface area contributed by atoms with Crippen LogP contribution in [-0.2, 0) is 0 Å².